The fourth-order valence-corrected chi connectivity index (χ4v) is 4.33. The molecule has 12 heteroatoms. The van der Waals surface area contributed by atoms with Gasteiger partial charge in [0.05, 0.1) is 18.3 Å². The van der Waals surface area contributed by atoms with Gasteiger partial charge in [0.2, 0.25) is 5.91 Å². The van der Waals surface area contributed by atoms with Gasteiger partial charge in [-0.2, -0.15) is 0 Å². The SMILES string of the molecule is CCOC(=O)Nc1ccc2c(c1)NC(=O)CC/C=C\C[C@H](NC(=O)c1c(F)cc(C)cc1F)c1nc-2c(Cl)[nH]1. The van der Waals surface area contributed by atoms with E-state index in [1.807, 2.05) is 0 Å². The molecule has 3 amide bonds. The number of anilines is 2. The van der Waals surface area contributed by atoms with Crippen LogP contribution < -0.4 is 16.0 Å². The normalized spacial score (nSPS) is 16.0. The molecule has 0 radical (unpaired) electrons. The Morgan fingerprint density at radius 2 is 1.92 bits per heavy atom. The number of fused-ring (bicyclic) bond motifs is 4. The number of carbonyl (C=O) groups is 3. The monoisotopic (exact) mass is 557 g/mol. The van der Waals surface area contributed by atoms with Crippen LogP contribution in [0.5, 0.6) is 0 Å². The van der Waals surface area contributed by atoms with Crippen LogP contribution in [-0.2, 0) is 9.53 Å². The Kier molecular flexibility index (Phi) is 8.60. The number of aromatic amines is 1. The van der Waals surface area contributed by atoms with E-state index in [0.29, 0.717) is 28.9 Å². The van der Waals surface area contributed by atoms with Crippen LogP contribution in [-0.4, -0.2) is 34.5 Å². The molecule has 4 N–H and O–H groups in total. The summed E-state index contributed by atoms with van der Waals surface area (Å²) in [4.78, 5) is 44.9. The molecule has 4 rings (SSSR count). The highest BCUT2D eigenvalue weighted by atomic mass is 35.5. The number of halogens is 3. The number of benzene rings is 2. The summed E-state index contributed by atoms with van der Waals surface area (Å²) in [5.41, 5.74) is 1.05. The second-order valence-electron chi connectivity index (χ2n) is 8.81. The number of aromatic nitrogens is 2. The Bertz CT molecular complexity index is 1430. The number of nitrogens with zero attached hydrogens (tertiary/aromatic N) is 1. The van der Waals surface area contributed by atoms with E-state index >= 15 is 0 Å². The number of hydrogen-bond acceptors (Lipinski definition) is 5. The molecule has 0 unspecified atom stereocenters. The fourth-order valence-electron chi connectivity index (χ4n) is 4.09. The van der Waals surface area contributed by atoms with Gasteiger partial charge in [0.15, 0.2) is 0 Å². The number of rotatable bonds is 4. The number of allylic oxidation sites excluding steroid dienone is 1. The zero-order valence-corrected chi connectivity index (χ0v) is 21.9. The molecule has 1 aromatic heterocycles. The Labute approximate surface area is 228 Å². The minimum Gasteiger partial charge on any atom is -0.450 e. The molecule has 1 aliphatic heterocycles. The number of carbonyl (C=O) groups excluding carboxylic acids is 3. The first-order valence-corrected chi connectivity index (χ1v) is 12.6. The summed E-state index contributed by atoms with van der Waals surface area (Å²) < 4.78 is 33.8. The van der Waals surface area contributed by atoms with Crippen LogP contribution in [0.2, 0.25) is 5.15 Å². The maximum Gasteiger partial charge on any atom is 0.411 e. The molecule has 1 atom stereocenters. The van der Waals surface area contributed by atoms with E-state index in [1.54, 1.807) is 37.3 Å². The summed E-state index contributed by atoms with van der Waals surface area (Å²) in [5, 5.41) is 8.15. The Morgan fingerprint density at radius 1 is 1.18 bits per heavy atom. The number of amides is 3. The molecule has 1 aliphatic rings. The van der Waals surface area contributed by atoms with Gasteiger partial charge < -0.3 is 20.4 Å². The molecule has 9 nitrogen and oxygen atoms in total. The minimum absolute atomic E-state index is 0.111. The molecule has 2 bridgehead atoms. The van der Waals surface area contributed by atoms with Gasteiger partial charge in [-0.1, -0.05) is 23.8 Å². The highest BCUT2D eigenvalue weighted by Gasteiger charge is 2.25. The van der Waals surface area contributed by atoms with Crippen molar-refractivity contribution in [3.8, 4) is 11.3 Å². The maximum atomic E-state index is 14.5. The average molecular weight is 558 g/mol. The Hall–Kier alpha value is -4.25. The van der Waals surface area contributed by atoms with Crippen LogP contribution in [0.4, 0.5) is 25.0 Å². The van der Waals surface area contributed by atoms with Crippen molar-refractivity contribution < 1.29 is 27.9 Å². The Balaban J connectivity index is 1.72. The van der Waals surface area contributed by atoms with E-state index in [9.17, 15) is 23.2 Å². The van der Waals surface area contributed by atoms with Gasteiger partial charge in [0.25, 0.3) is 5.91 Å². The highest BCUT2D eigenvalue weighted by Crippen LogP contribution is 2.35. The quantitative estimate of drug-likeness (QED) is 0.291. The lowest BCUT2D eigenvalue weighted by molar-refractivity contribution is -0.116. The number of hydrogen-bond donors (Lipinski definition) is 4. The summed E-state index contributed by atoms with van der Waals surface area (Å²) in [6.07, 6.45) is 3.60. The van der Waals surface area contributed by atoms with Crippen LogP contribution in [0.25, 0.3) is 11.3 Å². The van der Waals surface area contributed by atoms with Crippen molar-refractivity contribution >= 4 is 40.9 Å². The predicted molar refractivity (Wildman–Crippen MR) is 143 cm³/mol. The molecular formula is C27H26ClF2N5O4. The maximum absolute atomic E-state index is 14.5. The molecule has 39 heavy (non-hydrogen) atoms. The number of H-pyrrole nitrogens is 1. The van der Waals surface area contributed by atoms with E-state index in [0.717, 1.165) is 12.1 Å². The molecule has 2 heterocycles. The van der Waals surface area contributed by atoms with Crippen LogP contribution in [0.1, 0.15) is 54.0 Å². The van der Waals surface area contributed by atoms with Crippen molar-refractivity contribution in [1.82, 2.24) is 15.3 Å². The number of nitrogens with one attached hydrogen (secondary N) is 4. The minimum atomic E-state index is -0.978. The van der Waals surface area contributed by atoms with E-state index in [2.05, 4.69) is 25.9 Å². The lowest BCUT2D eigenvalue weighted by atomic mass is 10.1. The van der Waals surface area contributed by atoms with Crippen LogP contribution in [0.3, 0.4) is 0 Å². The van der Waals surface area contributed by atoms with Gasteiger partial charge in [-0.3, -0.25) is 14.9 Å². The van der Waals surface area contributed by atoms with E-state index in [-0.39, 0.29) is 42.0 Å². The van der Waals surface area contributed by atoms with Crippen molar-refractivity contribution in [1.29, 1.82) is 0 Å². The van der Waals surface area contributed by atoms with Crippen molar-refractivity contribution in [2.75, 3.05) is 17.2 Å². The topological polar surface area (TPSA) is 125 Å². The molecule has 0 spiro atoms. The fraction of sp³-hybridized carbons (Fsp3) is 0.259. The van der Waals surface area contributed by atoms with E-state index in [1.165, 1.54) is 6.92 Å². The second kappa shape index (κ2) is 12.1. The smallest absolute Gasteiger partial charge is 0.411 e. The van der Waals surface area contributed by atoms with Gasteiger partial charge in [0, 0.05) is 17.7 Å². The van der Waals surface area contributed by atoms with Crippen molar-refractivity contribution in [2.24, 2.45) is 0 Å². The molecule has 3 aromatic rings. The van der Waals surface area contributed by atoms with Crippen molar-refractivity contribution in [2.45, 2.75) is 39.2 Å². The standard InChI is InChI=1S/C27H26ClF2N5O4/c1-3-39-27(38)31-15-9-10-16-20(13-15)32-21(36)8-6-4-5-7-19(25-34-23(16)24(28)35-25)33-26(37)22-17(29)11-14(2)12-18(22)30/h4-5,9-13,19H,3,6-8H2,1-2H3,(H,31,38)(H,32,36)(H,33,37)(H,34,35)/b5-4-/t19-/m0/s1. The van der Waals surface area contributed by atoms with Crippen LogP contribution in [0.15, 0.2) is 42.5 Å². The molecular weight excluding hydrogens is 532 g/mol. The van der Waals surface area contributed by atoms with Gasteiger partial charge in [-0.25, -0.2) is 18.6 Å². The molecule has 204 valence electrons. The van der Waals surface area contributed by atoms with Crippen LogP contribution in [0, 0.1) is 18.6 Å². The Morgan fingerprint density at radius 3 is 2.64 bits per heavy atom. The molecule has 0 saturated carbocycles. The first-order chi connectivity index (χ1) is 18.7. The molecule has 0 aliphatic carbocycles. The third-order valence-electron chi connectivity index (χ3n) is 5.87. The first kappa shape index (κ1) is 27.8. The van der Waals surface area contributed by atoms with E-state index < -0.39 is 35.2 Å². The summed E-state index contributed by atoms with van der Waals surface area (Å²) >= 11 is 6.50. The molecule has 0 fully saturated rings. The first-order valence-electron chi connectivity index (χ1n) is 12.2. The highest BCUT2D eigenvalue weighted by molar-refractivity contribution is 6.32. The average Bonchev–Trinajstić information content (AvgIpc) is 3.23. The zero-order valence-electron chi connectivity index (χ0n) is 21.2. The third-order valence-corrected chi connectivity index (χ3v) is 6.15. The van der Waals surface area contributed by atoms with Gasteiger partial charge in [0.1, 0.15) is 33.9 Å². The lowest BCUT2D eigenvalue weighted by Gasteiger charge is -2.16. The van der Waals surface area contributed by atoms with Crippen molar-refractivity contribution in [3.63, 3.8) is 0 Å². The molecule has 0 saturated heterocycles. The van der Waals surface area contributed by atoms with E-state index in [4.69, 9.17) is 16.3 Å². The summed E-state index contributed by atoms with van der Waals surface area (Å²) in [6.45, 7) is 3.39. The molecule has 2 aromatic carbocycles. The third kappa shape index (κ3) is 6.61. The summed E-state index contributed by atoms with van der Waals surface area (Å²) in [6, 6.07) is 6.09. The number of aryl methyl sites for hydroxylation is 1. The predicted octanol–water partition coefficient (Wildman–Crippen LogP) is 6.03. The lowest BCUT2D eigenvalue weighted by Crippen LogP contribution is -2.30. The van der Waals surface area contributed by atoms with Crippen molar-refractivity contribution in [3.05, 3.63) is 76.2 Å². The summed E-state index contributed by atoms with van der Waals surface area (Å²) in [5.74, 6) is -2.95. The van der Waals surface area contributed by atoms with Gasteiger partial charge in [-0.15, -0.1) is 0 Å². The van der Waals surface area contributed by atoms with Gasteiger partial charge in [-0.05, 0) is 62.6 Å². The number of imidazole rings is 1. The van der Waals surface area contributed by atoms with Gasteiger partial charge >= 0.3 is 6.09 Å². The zero-order chi connectivity index (χ0) is 28.1. The number of ether oxygens (including phenoxy) is 1. The largest absolute Gasteiger partial charge is 0.450 e. The second-order valence-corrected chi connectivity index (χ2v) is 9.19. The summed E-state index contributed by atoms with van der Waals surface area (Å²) in [7, 11) is 0. The van der Waals surface area contributed by atoms with Crippen LogP contribution >= 0.6 is 11.6 Å².